The number of hydrogen-bond acceptors (Lipinski definition) is 3. The first-order chi connectivity index (χ1) is 9.08. The van der Waals surface area contributed by atoms with Crippen LogP contribution in [0.1, 0.15) is 18.4 Å². The number of carbonyl (C=O) groups excluding carboxylic acids is 1. The van der Waals surface area contributed by atoms with Crippen molar-refractivity contribution in [3.63, 3.8) is 0 Å². The van der Waals surface area contributed by atoms with Crippen LogP contribution in [-0.2, 0) is 9.59 Å². The number of aliphatic carboxylic acids is 1. The van der Waals surface area contributed by atoms with E-state index in [2.05, 4.69) is 20.9 Å². The van der Waals surface area contributed by atoms with Gasteiger partial charge in [0.15, 0.2) is 0 Å². The lowest BCUT2D eigenvalue weighted by molar-refractivity contribution is -0.146. The number of nitrogens with zero attached hydrogens (tertiary/aromatic N) is 2. The second kappa shape index (κ2) is 5.97. The van der Waals surface area contributed by atoms with E-state index in [0.717, 1.165) is 12.0 Å². The monoisotopic (exact) mass is 324 g/mol. The van der Waals surface area contributed by atoms with Gasteiger partial charge in [-0.2, -0.15) is 0 Å². The van der Waals surface area contributed by atoms with Crippen LogP contribution in [0.15, 0.2) is 29.0 Å². The van der Waals surface area contributed by atoms with Crippen LogP contribution in [0, 0.1) is 0 Å². The van der Waals surface area contributed by atoms with E-state index in [1.807, 2.05) is 0 Å². The number of carboxylic acid groups (broad SMARTS) is 1. The molecule has 0 bridgehead atoms. The van der Waals surface area contributed by atoms with E-state index in [1.54, 1.807) is 24.4 Å². The Bertz CT molecular complexity index is 530. The van der Waals surface area contributed by atoms with E-state index in [-0.39, 0.29) is 5.91 Å². The highest BCUT2D eigenvalue weighted by atomic mass is 79.9. The van der Waals surface area contributed by atoms with Crippen LogP contribution in [0.5, 0.6) is 0 Å². The minimum absolute atomic E-state index is 0.266. The van der Waals surface area contributed by atoms with Crippen molar-refractivity contribution in [3.05, 3.63) is 34.6 Å². The van der Waals surface area contributed by atoms with Crippen LogP contribution in [0.4, 0.5) is 0 Å². The third-order valence-electron chi connectivity index (χ3n) is 2.99. The third-order valence-corrected chi connectivity index (χ3v) is 3.42. The van der Waals surface area contributed by atoms with Crippen molar-refractivity contribution in [3.8, 4) is 0 Å². The fourth-order valence-corrected chi connectivity index (χ4v) is 2.45. The Kier molecular flexibility index (Phi) is 4.31. The molecular formula is C13H13BrN2O3. The zero-order valence-electron chi connectivity index (χ0n) is 10.1. The molecule has 1 aromatic heterocycles. The van der Waals surface area contributed by atoms with Crippen molar-refractivity contribution in [2.24, 2.45) is 0 Å². The quantitative estimate of drug-likeness (QED) is 0.681. The molecule has 1 atom stereocenters. The highest BCUT2D eigenvalue weighted by molar-refractivity contribution is 9.10. The van der Waals surface area contributed by atoms with Gasteiger partial charge in [-0.3, -0.25) is 4.79 Å². The topological polar surface area (TPSA) is 70.5 Å². The Labute approximate surface area is 119 Å². The van der Waals surface area contributed by atoms with Gasteiger partial charge in [-0.25, -0.2) is 9.78 Å². The molecule has 1 aliphatic heterocycles. The normalized spacial score (nSPS) is 19.0. The van der Waals surface area contributed by atoms with Crippen molar-refractivity contribution in [2.45, 2.75) is 18.9 Å². The molecule has 1 aliphatic rings. The molecule has 0 saturated carbocycles. The minimum atomic E-state index is -0.939. The van der Waals surface area contributed by atoms with Gasteiger partial charge in [-0.05, 0) is 52.5 Å². The fourth-order valence-electron chi connectivity index (χ4n) is 2.07. The van der Waals surface area contributed by atoms with Crippen molar-refractivity contribution in [2.75, 3.05) is 6.54 Å². The highest BCUT2D eigenvalue weighted by Gasteiger charge is 2.32. The Balaban J connectivity index is 2.06. The third kappa shape index (κ3) is 3.41. The van der Waals surface area contributed by atoms with Crippen LogP contribution in [0.25, 0.3) is 6.08 Å². The molecule has 1 N–H and O–H groups in total. The second-order valence-corrected chi connectivity index (χ2v) is 5.09. The van der Waals surface area contributed by atoms with E-state index in [0.29, 0.717) is 17.6 Å². The zero-order chi connectivity index (χ0) is 13.8. The molecule has 1 amide bonds. The van der Waals surface area contributed by atoms with Crippen molar-refractivity contribution >= 4 is 33.9 Å². The molecule has 0 radical (unpaired) electrons. The first-order valence-corrected chi connectivity index (χ1v) is 6.70. The molecule has 1 saturated heterocycles. The van der Waals surface area contributed by atoms with E-state index in [4.69, 9.17) is 5.11 Å². The maximum absolute atomic E-state index is 12.0. The summed E-state index contributed by atoms with van der Waals surface area (Å²) < 4.78 is 0.687. The van der Waals surface area contributed by atoms with Gasteiger partial charge in [-0.15, -0.1) is 0 Å². The Morgan fingerprint density at radius 3 is 3.00 bits per heavy atom. The number of halogens is 1. The van der Waals surface area contributed by atoms with E-state index in [1.165, 1.54) is 11.0 Å². The SMILES string of the molecule is O=C(O)[C@H]1CCCN1C(=O)/C=C/c1ccnc(Br)c1. The molecule has 100 valence electrons. The van der Waals surface area contributed by atoms with E-state index >= 15 is 0 Å². The van der Waals surface area contributed by atoms with Crippen LogP contribution in [0.3, 0.4) is 0 Å². The molecule has 2 rings (SSSR count). The first-order valence-electron chi connectivity index (χ1n) is 5.91. The molecule has 19 heavy (non-hydrogen) atoms. The standard InChI is InChI=1S/C13H13BrN2O3/c14-11-8-9(5-6-15-11)3-4-12(17)16-7-1-2-10(16)13(18)19/h3-6,8,10H,1-2,7H2,(H,18,19)/b4-3+/t10-/m1/s1. The predicted octanol–water partition coefficient (Wildman–Crippen LogP) is 1.93. The van der Waals surface area contributed by atoms with E-state index in [9.17, 15) is 9.59 Å². The summed E-state index contributed by atoms with van der Waals surface area (Å²) in [6.07, 6.45) is 5.95. The van der Waals surface area contributed by atoms with Crippen molar-refractivity contribution < 1.29 is 14.7 Å². The summed E-state index contributed by atoms with van der Waals surface area (Å²) in [5, 5.41) is 9.02. The Morgan fingerprint density at radius 2 is 2.32 bits per heavy atom. The summed E-state index contributed by atoms with van der Waals surface area (Å²) in [5.41, 5.74) is 0.835. The first kappa shape index (κ1) is 13.7. The second-order valence-electron chi connectivity index (χ2n) is 4.27. The average molecular weight is 325 g/mol. The average Bonchev–Trinajstić information content (AvgIpc) is 2.85. The summed E-state index contributed by atoms with van der Waals surface area (Å²) in [7, 11) is 0. The largest absolute Gasteiger partial charge is 0.480 e. The minimum Gasteiger partial charge on any atom is -0.480 e. The summed E-state index contributed by atoms with van der Waals surface area (Å²) in [6, 6.07) is 2.86. The Hall–Kier alpha value is -1.69. The van der Waals surface area contributed by atoms with Crippen LogP contribution in [0.2, 0.25) is 0 Å². The molecular weight excluding hydrogens is 312 g/mol. The molecule has 6 heteroatoms. The summed E-state index contributed by atoms with van der Waals surface area (Å²) in [4.78, 5) is 28.4. The maximum atomic E-state index is 12.0. The molecule has 2 heterocycles. The fraction of sp³-hybridized carbons (Fsp3) is 0.308. The molecule has 0 spiro atoms. The predicted molar refractivity (Wildman–Crippen MR) is 73.3 cm³/mol. The Morgan fingerprint density at radius 1 is 1.53 bits per heavy atom. The van der Waals surface area contributed by atoms with Gasteiger partial charge in [0.25, 0.3) is 0 Å². The number of pyridine rings is 1. The lowest BCUT2D eigenvalue weighted by Crippen LogP contribution is -2.39. The van der Waals surface area contributed by atoms with Gasteiger partial charge >= 0.3 is 5.97 Å². The van der Waals surface area contributed by atoms with Gasteiger partial charge in [0.1, 0.15) is 10.6 Å². The number of rotatable bonds is 3. The van der Waals surface area contributed by atoms with Crippen molar-refractivity contribution in [1.82, 2.24) is 9.88 Å². The summed E-state index contributed by atoms with van der Waals surface area (Å²) in [6.45, 7) is 0.500. The van der Waals surface area contributed by atoms with Crippen LogP contribution in [-0.4, -0.2) is 39.5 Å². The number of aromatic nitrogens is 1. The number of hydrogen-bond donors (Lipinski definition) is 1. The zero-order valence-corrected chi connectivity index (χ0v) is 11.7. The van der Waals surface area contributed by atoms with Gasteiger partial charge in [-0.1, -0.05) is 0 Å². The van der Waals surface area contributed by atoms with Crippen molar-refractivity contribution in [1.29, 1.82) is 0 Å². The molecule has 5 nitrogen and oxygen atoms in total. The van der Waals surface area contributed by atoms with Gasteiger partial charge in [0.2, 0.25) is 5.91 Å². The maximum Gasteiger partial charge on any atom is 0.326 e. The number of likely N-dealkylation sites (tertiary alicyclic amines) is 1. The highest BCUT2D eigenvalue weighted by Crippen LogP contribution is 2.18. The summed E-state index contributed by atoms with van der Waals surface area (Å²) >= 11 is 3.25. The van der Waals surface area contributed by atoms with Gasteiger partial charge < -0.3 is 10.0 Å². The number of carbonyl (C=O) groups is 2. The van der Waals surface area contributed by atoms with Gasteiger partial charge in [0.05, 0.1) is 0 Å². The molecule has 0 unspecified atom stereocenters. The van der Waals surface area contributed by atoms with E-state index < -0.39 is 12.0 Å². The van der Waals surface area contributed by atoms with Gasteiger partial charge in [0, 0.05) is 18.8 Å². The number of amides is 1. The molecule has 0 aromatic carbocycles. The smallest absolute Gasteiger partial charge is 0.326 e. The molecule has 0 aliphatic carbocycles. The van der Waals surface area contributed by atoms with Crippen LogP contribution >= 0.6 is 15.9 Å². The lowest BCUT2D eigenvalue weighted by Gasteiger charge is -2.19. The van der Waals surface area contributed by atoms with Crippen LogP contribution < -0.4 is 0 Å². The summed E-state index contributed by atoms with van der Waals surface area (Å²) in [5.74, 6) is -1.20. The number of carboxylic acids is 1. The lowest BCUT2D eigenvalue weighted by atomic mass is 10.2. The molecule has 1 fully saturated rings. The molecule has 1 aromatic rings.